The van der Waals surface area contributed by atoms with Crippen molar-refractivity contribution in [2.24, 2.45) is 0 Å². The number of halogens is 4. The van der Waals surface area contributed by atoms with Gasteiger partial charge in [-0.15, -0.1) is 0 Å². The highest BCUT2D eigenvalue weighted by molar-refractivity contribution is 6.30. The van der Waals surface area contributed by atoms with Crippen molar-refractivity contribution in [3.05, 3.63) is 47.0 Å². The number of anilines is 1. The predicted octanol–water partition coefficient (Wildman–Crippen LogP) is 5.18. The fourth-order valence-electron chi connectivity index (χ4n) is 4.41. The topological polar surface area (TPSA) is 97.3 Å². The lowest BCUT2D eigenvalue weighted by Gasteiger charge is -2.41. The number of carbonyl (C=O) groups excluding carboxylic acids is 1. The van der Waals surface area contributed by atoms with Gasteiger partial charge in [-0.25, -0.2) is 4.79 Å². The standard InChI is InChI=1S/C24H29ClN2O4.C2HF3O2/c1-16(15-30-23-13-20(29-3)5-6-21(23)26-17(2)28)27-10-8-24(9-11-27)14-18-12-19(25)4-7-22(18)31-24;3-2(4,5)1(6)7/h4-7,12-13,16H,8-11,14-15H2,1-3H3,(H,26,28);(H,6,7). The SMILES string of the molecule is COc1ccc(NC(C)=O)c(OCC(C)N2CCC3(CC2)Cc2cc(Cl)ccc2O3)c1.O=C(O)C(F)(F)F. The van der Waals surface area contributed by atoms with Crippen molar-refractivity contribution in [2.45, 2.75) is 50.9 Å². The molecule has 0 saturated carbocycles. The van der Waals surface area contributed by atoms with Gasteiger partial charge in [-0.3, -0.25) is 9.69 Å². The van der Waals surface area contributed by atoms with Gasteiger partial charge in [0.05, 0.1) is 12.8 Å². The van der Waals surface area contributed by atoms with E-state index in [9.17, 15) is 18.0 Å². The van der Waals surface area contributed by atoms with Crippen molar-refractivity contribution in [3.63, 3.8) is 0 Å². The minimum absolute atomic E-state index is 0.116. The third-order valence-electron chi connectivity index (χ3n) is 6.42. The number of ether oxygens (including phenoxy) is 3. The van der Waals surface area contributed by atoms with Crippen molar-refractivity contribution in [1.29, 1.82) is 0 Å². The molecule has 208 valence electrons. The van der Waals surface area contributed by atoms with Crippen LogP contribution < -0.4 is 19.5 Å². The van der Waals surface area contributed by atoms with Gasteiger partial charge >= 0.3 is 12.1 Å². The molecule has 1 fully saturated rings. The number of rotatable bonds is 6. The number of fused-ring (bicyclic) bond motifs is 1. The Hall–Kier alpha value is -3.18. The Kier molecular flexibility index (Phi) is 9.37. The van der Waals surface area contributed by atoms with Crippen molar-refractivity contribution < 1.29 is 42.1 Å². The number of carbonyl (C=O) groups is 2. The molecule has 1 saturated heterocycles. The second kappa shape index (κ2) is 12.1. The zero-order valence-corrected chi connectivity index (χ0v) is 22.0. The summed E-state index contributed by atoms with van der Waals surface area (Å²) >= 11 is 6.15. The van der Waals surface area contributed by atoms with E-state index in [2.05, 4.69) is 17.1 Å². The van der Waals surface area contributed by atoms with Crippen molar-refractivity contribution in [1.82, 2.24) is 4.90 Å². The number of alkyl halides is 3. The van der Waals surface area contributed by atoms with Crippen LogP contribution in [-0.4, -0.2) is 66.5 Å². The normalized spacial score (nSPS) is 16.9. The number of benzene rings is 2. The van der Waals surface area contributed by atoms with Gasteiger partial charge in [-0.1, -0.05) is 11.6 Å². The summed E-state index contributed by atoms with van der Waals surface area (Å²) in [5, 5.41) is 10.7. The number of amides is 1. The van der Waals surface area contributed by atoms with Gasteiger partial charge in [0.2, 0.25) is 5.91 Å². The summed E-state index contributed by atoms with van der Waals surface area (Å²) in [5.41, 5.74) is 1.74. The van der Waals surface area contributed by atoms with Crippen LogP contribution in [0.5, 0.6) is 17.2 Å². The van der Waals surface area contributed by atoms with Crippen molar-refractivity contribution in [2.75, 3.05) is 32.1 Å². The number of carboxylic acid groups (broad SMARTS) is 1. The van der Waals surface area contributed by atoms with E-state index < -0.39 is 12.1 Å². The number of likely N-dealkylation sites (tertiary alicyclic amines) is 1. The Balaban J connectivity index is 0.000000505. The van der Waals surface area contributed by atoms with E-state index in [0.717, 1.165) is 43.1 Å². The zero-order valence-electron chi connectivity index (χ0n) is 21.2. The number of nitrogens with one attached hydrogen (secondary N) is 1. The Morgan fingerprint density at radius 2 is 1.87 bits per heavy atom. The first-order chi connectivity index (χ1) is 17.8. The van der Waals surface area contributed by atoms with Crippen LogP contribution in [0.15, 0.2) is 36.4 Å². The molecule has 2 aliphatic heterocycles. The van der Waals surface area contributed by atoms with Gasteiger partial charge in [-0.05, 0) is 42.8 Å². The summed E-state index contributed by atoms with van der Waals surface area (Å²) in [4.78, 5) is 22.8. The summed E-state index contributed by atoms with van der Waals surface area (Å²) < 4.78 is 49.5. The molecule has 1 spiro atoms. The van der Waals surface area contributed by atoms with Crippen molar-refractivity contribution in [3.8, 4) is 17.2 Å². The maximum atomic E-state index is 11.5. The smallest absolute Gasteiger partial charge is 0.490 e. The number of carboxylic acids is 1. The van der Waals surface area contributed by atoms with Gasteiger partial charge in [0.25, 0.3) is 0 Å². The van der Waals surface area contributed by atoms with Crippen LogP contribution in [0.2, 0.25) is 5.02 Å². The van der Waals surface area contributed by atoms with Gasteiger partial charge in [0, 0.05) is 56.4 Å². The minimum atomic E-state index is -5.08. The molecule has 0 bridgehead atoms. The molecule has 2 aromatic carbocycles. The van der Waals surface area contributed by atoms with E-state index in [-0.39, 0.29) is 17.6 Å². The van der Waals surface area contributed by atoms with E-state index in [1.807, 2.05) is 18.2 Å². The number of aliphatic carboxylic acids is 1. The molecule has 0 aromatic heterocycles. The molecular formula is C26H30ClF3N2O6. The van der Waals surface area contributed by atoms with Crippen LogP contribution >= 0.6 is 11.6 Å². The Morgan fingerprint density at radius 1 is 1.21 bits per heavy atom. The molecule has 8 nitrogen and oxygen atoms in total. The summed E-state index contributed by atoms with van der Waals surface area (Å²) in [5.74, 6) is -0.621. The first-order valence-corrected chi connectivity index (χ1v) is 12.3. The van der Waals surface area contributed by atoms with Crippen LogP contribution in [-0.2, 0) is 16.0 Å². The van der Waals surface area contributed by atoms with Crippen LogP contribution in [0.4, 0.5) is 18.9 Å². The maximum absolute atomic E-state index is 11.5. The largest absolute Gasteiger partial charge is 0.497 e. The number of methoxy groups -OCH3 is 1. The number of nitrogens with zero attached hydrogens (tertiary/aromatic N) is 1. The predicted molar refractivity (Wildman–Crippen MR) is 135 cm³/mol. The van der Waals surface area contributed by atoms with E-state index in [1.54, 1.807) is 25.3 Å². The van der Waals surface area contributed by atoms with Gasteiger partial charge in [-0.2, -0.15) is 13.2 Å². The number of hydrogen-bond donors (Lipinski definition) is 2. The maximum Gasteiger partial charge on any atom is 0.490 e. The fourth-order valence-corrected chi connectivity index (χ4v) is 4.61. The average Bonchev–Trinajstić information content (AvgIpc) is 3.19. The summed E-state index contributed by atoms with van der Waals surface area (Å²) in [6.07, 6.45) is -2.22. The lowest BCUT2D eigenvalue weighted by atomic mass is 9.86. The monoisotopic (exact) mass is 558 g/mol. The molecule has 1 amide bonds. The van der Waals surface area contributed by atoms with E-state index >= 15 is 0 Å². The Morgan fingerprint density at radius 3 is 2.45 bits per heavy atom. The molecule has 2 heterocycles. The summed E-state index contributed by atoms with van der Waals surface area (Å²) in [6.45, 7) is 6.06. The lowest BCUT2D eigenvalue weighted by molar-refractivity contribution is -0.192. The van der Waals surface area contributed by atoms with Crippen molar-refractivity contribution >= 4 is 29.2 Å². The third kappa shape index (κ3) is 7.67. The fraction of sp³-hybridized carbons (Fsp3) is 0.462. The second-order valence-corrected chi connectivity index (χ2v) is 9.69. The first kappa shape index (κ1) is 29.4. The van der Waals surface area contributed by atoms with Gasteiger partial charge in [0.15, 0.2) is 0 Å². The Labute approximate surface area is 223 Å². The summed E-state index contributed by atoms with van der Waals surface area (Å²) in [6, 6.07) is 11.5. The number of piperidine rings is 1. The molecule has 12 heteroatoms. The molecule has 2 aromatic rings. The lowest BCUT2D eigenvalue weighted by Crippen LogP contribution is -2.51. The Bertz CT molecular complexity index is 1150. The highest BCUT2D eigenvalue weighted by Gasteiger charge is 2.42. The zero-order chi connectivity index (χ0) is 28.1. The molecule has 1 unspecified atom stereocenters. The molecule has 38 heavy (non-hydrogen) atoms. The molecule has 0 aliphatic carbocycles. The molecule has 0 radical (unpaired) electrons. The quantitative estimate of drug-likeness (QED) is 0.504. The molecule has 4 rings (SSSR count). The second-order valence-electron chi connectivity index (χ2n) is 9.26. The van der Waals surface area contributed by atoms with E-state index in [1.165, 1.54) is 12.5 Å². The summed E-state index contributed by atoms with van der Waals surface area (Å²) in [7, 11) is 1.61. The third-order valence-corrected chi connectivity index (χ3v) is 6.65. The van der Waals surface area contributed by atoms with E-state index in [0.29, 0.717) is 23.8 Å². The van der Waals surface area contributed by atoms with Crippen LogP contribution in [0.1, 0.15) is 32.3 Å². The number of hydrogen-bond acceptors (Lipinski definition) is 6. The highest BCUT2D eigenvalue weighted by atomic mass is 35.5. The van der Waals surface area contributed by atoms with Crippen LogP contribution in [0.25, 0.3) is 0 Å². The minimum Gasteiger partial charge on any atom is -0.497 e. The molecule has 1 atom stereocenters. The molecular weight excluding hydrogens is 529 g/mol. The van der Waals surface area contributed by atoms with Gasteiger partial charge < -0.3 is 24.6 Å². The first-order valence-electron chi connectivity index (χ1n) is 11.9. The van der Waals surface area contributed by atoms with Gasteiger partial charge in [0.1, 0.15) is 29.5 Å². The molecule has 2 N–H and O–H groups in total. The molecule has 2 aliphatic rings. The highest BCUT2D eigenvalue weighted by Crippen LogP contribution is 2.42. The van der Waals surface area contributed by atoms with E-state index in [4.69, 9.17) is 35.7 Å². The average molecular weight is 559 g/mol. The van der Waals surface area contributed by atoms with Crippen LogP contribution in [0.3, 0.4) is 0 Å². The van der Waals surface area contributed by atoms with Crippen LogP contribution in [0, 0.1) is 0 Å².